The highest BCUT2D eigenvalue weighted by molar-refractivity contribution is 5.42. The van der Waals surface area contributed by atoms with E-state index in [1.54, 1.807) is 0 Å². The van der Waals surface area contributed by atoms with Crippen molar-refractivity contribution in [3.63, 3.8) is 0 Å². The van der Waals surface area contributed by atoms with Crippen LogP contribution in [0.1, 0.15) is 36.0 Å². The van der Waals surface area contributed by atoms with E-state index >= 15 is 0 Å². The van der Waals surface area contributed by atoms with Crippen molar-refractivity contribution < 1.29 is 0 Å². The molecule has 3 aromatic rings. The zero-order chi connectivity index (χ0) is 17.1. The molecule has 1 fully saturated rings. The Morgan fingerprint density at radius 3 is 3.00 bits per heavy atom. The van der Waals surface area contributed by atoms with E-state index in [0.29, 0.717) is 12.6 Å². The fourth-order valence-corrected chi connectivity index (χ4v) is 3.70. The molecule has 1 unspecified atom stereocenters. The number of fused-ring (bicyclic) bond motifs is 1. The van der Waals surface area contributed by atoms with Gasteiger partial charge >= 0.3 is 0 Å². The molecule has 1 aliphatic heterocycles. The standard InChI is InChI=1S/C20H21N5/c1-21-12-10-17-6-4-9-20-23-16(15-25(17)20)14-24-13-5-8-19(24)18-7-2-3-11-22-18/h2-4,6-7,9,11,15,19H,5,8,10,12-14H2. The van der Waals surface area contributed by atoms with Gasteiger partial charge in [0.1, 0.15) is 5.65 Å². The molecule has 0 N–H and O–H groups in total. The highest BCUT2D eigenvalue weighted by Gasteiger charge is 2.27. The van der Waals surface area contributed by atoms with Gasteiger partial charge in [0.25, 0.3) is 0 Å². The van der Waals surface area contributed by atoms with Crippen molar-refractivity contribution in [1.29, 1.82) is 0 Å². The molecule has 0 saturated carbocycles. The number of aromatic nitrogens is 3. The molecule has 5 heteroatoms. The second-order valence-corrected chi connectivity index (χ2v) is 6.49. The minimum absolute atomic E-state index is 0.382. The molecule has 4 rings (SSSR count). The van der Waals surface area contributed by atoms with Crippen LogP contribution in [-0.4, -0.2) is 32.4 Å². The minimum Gasteiger partial charge on any atom is -0.317 e. The third-order valence-electron chi connectivity index (χ3n) is 4.86. The van der Waals surface area contributed by atoms with Crippen molar-refractivity contribution in [3.8, 4) is 0 Å². The second-order valence-electron chi connectivity index (χ2n) is 6.49. The summed E-state index contributed by atoms with van der Waals surface area (Å²) in [4.78, 5) is 15.3. The number of hydrogen-bond donors (Lipinski definition) is 0. The molecule has 4 heterocycles. The highest BCUT2D eigenvalue weighted by atomic mass is 15.2. The van der Waals surface area contributed by atoms with Crippen LogP contribution in [0.15, 0.2) is 48.8 Å². The van der Waals surface area contributed by atoms with Crippen LogP contribution < -0.4 is 0 Å². The average molecular weight is 331 g/mol. The summed E-state index contributed by atoms with van der Waals surface area (Å²) in [5.74, 6) is 0. The predicted octanol–water partition coefficient (Wildman–Crippen LogP) is 3.53. The van der Waals surface area contributed by atoms with E-state index in [-0.39, 0.29) is 0 Å². The molecular weight excluding hydrogens is 310 g/mol. The van der Waals surface area contributed by atoms with Gasteiger partial charge in [-0.05, 0) is 43.7 Å². The first kappa shape index (κ1) is 15.8. The predicted molar refractivity (Wildman–Crippen MR) is 97.0 cm³/mol. The lowest BCUT2D eigenvalue weighted by atomic mass is 10.1. The molecule has 0 aliphatic carbocycles. The summed E-state index contributed by atoms with van der Waals surface area (Å²) in [7, 11) is 0. The third-order valence-corrected chi connectivity index (χ3v) is 4.86. The Labute approximate surface area is 147 Å². The van der Waals surface area contributed by atoms with E-state index in [2.05, 4.69) is 43.5 Å². The molecule has 126 valence electrons. The summed E-state index contributed by atoms with van der Waals surface area (Å²) < 4.78 is 2.13. The Balaban J connectivity index is 1.57. The zero-order valence-electron chi connectivity index (χ0n) is 14.2. The maximum atomic E-state index is 7.01. The molecule has 0 spiro atoms. The topological polar surface area (TPSA) is 37.8 Å². The summed E-state index contributed by atoms with van der Waals surface area (Å²) in [6.07, 6.45) is 7.12. The molecule has 0 radical (unpaired) electrons. The lowest BCUT2D eigenvalue weighted by Gasteiger charge is -2.22. The smallest absolute Gasteiger partial charge is 0.220 e. The molecule has 5 nitrogen and oxygen atoms in total. The molecule has 1 atom stereocenters. The molecule has 0 bridgehead atoms. The third kappa shape index (κ3) is 3.26. The Bertz CT molecular complexity index is 893. The average Bonchev–Trinajstić information content (AvgIpc) is 3.27. The van der Waals surface area contributed by atoms with Gasteiger partial charge in [-0.25, -0.2) is 11.6 Å². The molecule has 0 aromatic carbocycles. The molecular formula is C20H21N5. The molecule has 25 heavy (non-hydrogen) atoms. The van der Waals surface area contributed by atoms with E-state index < -0.39 is 0 Å². The van der Waals surface area contributed by atoms with Crippen LogP contribution in [0, 0.1) is 6.57 Å². The molecule has 0 amide bonds. The fraction of sp³-hybridized carbons (Fsp3) is 0.350. The Kier molecular flexibility index (Phi) is 4.45. The van der Waals surface area contributed by atoms with Crippen LogP contribution in [0.5, 0.6) is 0 Å². The van der Waals surface area contributed by atoms with Gasteiger partial charge in [-0.1, -0.05) is 12.1 Å². The van der Waals surface area contributed by atoms with Gasteiger partial charge in [-0.2, -0.15) is 0 Å². The maximum absolute atomic E-state index is 7.01. The van der Waals surface area contributed by atoms with Gasteiger partial charge in [0.15, 0.2) is 0 Å². The molecule has 1 aliphatic rings. The van der Waals surface area contributed by atoms with E-state index in [1.165, 1.54) is 6.42 Å². The number of likely N-dealkylation sites (tertiary alicyclic amines) is 1. The first-order chi connectivity index (χ1) is 12.3. The SMILES string of the molecule is [C-]#[N+]CCc1cccc2nc(CN3CCCC3c3ccccn3)cn12. The van der Waals surface area contributed by atoms with Gasteiger partial charge < -0.3 is 9.25 Å². The lowest BCUT2D eigenvalue weighted by Crippen LogP contribution is -2.23. The van der Waals surface area contributed by atoms with E-state index in [9.17, 15) is 0 Å². The van der Waals surface area contributed by atoms with Crippen molar-refractivity contribution in [2.75, 3.05) is 13.1 Å². The molecule has 3 aromatic heterocycles. The quantitative estimate of drug-likeness (QED) is 0.671. The Morgan fingerprint density at radius 2 is 2.16 bits per heavy atom. The zero-order valence-corrected chi connectivity index (χ0v) is 14.2. The second kappa shape index (κ2) is 7.04. The first-order valence-corrected chi connectivity index (χ1v) is 8.79. The summed E-state index contributed by atoms with van der Waals surface area (Å²) in [5, 5.41) is 0. The van der Waals surface area contributed by atoms with E-state index in [4.69, 9.17) is 11.6 Å². The van der Waals surface area contributed by atoms with Gasteiger partial charge in [-0.3, -0.25) is 9.88 Å². The van der Waals surface area contributed by atoms with Gasteiger partial charge in [-0.15, -0.1) is 0 Å². The van der Waals surface area contributed by atoms with Crippen LogP contribution in [0.4, 0.5) is 0 Å². The summed E-state index contributed by atoms with van der Waals surface area (Å²) >= 11 is 0. The van der Waals surface area contributed by atoms with Gasteiger partial charge in [0.2, 0.25) is 6.54 Å². The number of pyridine rings is 2. The number of hydrogen-bond acceptors (Lipinski definition) is 3. The van der Waals surface area contributed by atoms with Crippen molar-refractivity contribution >= 4 is 5.65 Å². The van der Waals surface area contributed by atoms with Crippen LogP contribution in [-0.2, 0) is 13.0 Å². The first-order valence-electron chi connectivity index (χ1n) is 8.79. The van der Waals surface area contributed by atoms with Gasteiger partial charge in [0, 0.05) is 24.6 Å². The molecule has 1 saturated heterocycles. The van der Waals surface area contributed by atoms with Crippen LogP contribution in [0.25, 0.3) is 10.5 Å². The monoisotopic (exact) mass is 331 g/mol. The normalized spacial score (nSPS) is 17.8. The van der Waals surface area contributed by atoms with Crippen LogP contribution >= 0.6 is 0 Å². The van der Waals surface area contributed by atoms with Crippen molar-refractivity contribution in [1.82, 2.24) is 19.3 Å². The number of imidazole rings is 1. The van der Waals surface area contributed by atoms with Gasteiger partial charge in [0.05, 0.1) is 23.9 Å². The van der Waals surface area contributed by atoms with Crippen LogP contribution in [0.2, 0.25) is 0 Å². The van der Waals surface area contributed by atoms with Crippen molar-refractivity contribution in [2.24, 2.45) is 0 Å². The van der Waals surface area contributed by atoms with E-state index in [1.807, 2.05) is 24.4 Å². The van der Waals surface area contributed by atoms with Crippen LogP contribution in [0.3, 0.4) is 0 Å². The van der Waals surface area contributed by atoms with Crippen molar-refractivity contribution in [3.05, 3.63) is 77.3 Å². The Morgan fingerprint density at radius 1 is 1.20 bits per heavy atom. The fourth-order valence-electron chi connectivity index (χ4n) is 3.70. The Hall–Kier alpha value is -2.71. The number of rotatable bonds is 5. The highest BCUT2D eigenvalue weighted by Crippen LogP contribution is 2.31. The maximum Gasteiger partial charge on any atom is 0.220 e. The summed E-state index contributed by atoms with van der Waals surface area (Å²) in [6, 6.07) is 12.7. The largest absolute Gasteiger partial charge is 0.317 e. The number of nitrogens with zero attached hydrogens (tertiary/aromatic N) is 5. The van der Waals surface area contributed by atoms with Crippen molar-refractivity contribution in [2.45, 2.75) is 31.8 Å². The lowest BCUT2D eigenvalue weighted by molar-refractivity contribution is 0.242. The minimum atomic E-state index is 0.382. The van der Waals surface area contributed by atoms with E-state index in [0.717, 1.165) is 48.7 Å². The summed E-state index contributed by atoms with van der Waals surface area (Å²) in [6.45, 7) is 9.44. The summed E-state index contributed by atoms with van der Waals surface area (Å²) in [5.41, 5.74) is 4.35.